The lowest BCUT2D eigenvalue weighted by Gasteiger charge is -2.34. The van der Waals surface area contributed by atoms with Crippen LogP contribution in [0.25, 0.3) is 0 Å². The number of halogens is 3. The molecule has 6 atom stereocenters. The van der Waals surface area contributed by atoms with Crippen molar-refractivity contribution in [1.29, 1.82) is 0 Å². The van der Waals surface area contributed by atoms with Gasteiger partial charge in [-0.2, -0.15) is 13.2 Å². The predicted molar refractivity (Wildman–Crippen MR) is 307 cm³/mol. The number of nitrogens with one attached hydrogen (secondary N) is 7. The summed E-state index contributed by atoms with van der Waals surface area (Å²) in [6, 6.07) is 2.47. The predicted octanol–water partition coefficient (Wildman–Crippen LogP) is 5.36. The molecule has 0 heterocycles. The maximum atomic E-state index is 14.8. The molecule has 0 bridgehead atoms. The first-order chi connectivity index (χ1) is 38.9. The third-order valence-corrected chi connectivity index (χ3v) is 12.1. The summed E-state index contributed by atoms with van der Waals surface area (Å²) in [5.74, 6) is -11.7. The monoisotopic (exact) mass is 1200 g/mol. The lowest BCUT2D eigenvalue weighted by molar-refractivity contribution is -0.158. The summed E-state index contributed by atoms with van der Waals surface area (Å²) in [6.45, 7) is 23.8. The van der Waals surface area contributed by atoms with Crippen molar-refractivity contribution in [2.75, 3.05) is 7.11 Å². The van der Waals surface area contributed by atoms with E-state index in [1.165, 1.54) is 13.2 Å². The molecule has 7 N–H and O–H groups in total. The largest absolute Gasteiger partial charge is 0.497 e. The molecular weight excluding hydrogens is 1120 g/mol. The van der Waals surface area contributed by atoms with Crippen molar-refractivity contribution in [1.82, 2.24) is 37.2 Å². The molecule has 0 saturated heterocycles. The first-order valence-corrected chi connectivity index (χ1v) is 28.0. The Kier molecular flexibility index (Phi) is 27.7. The number of hydrogen-bond acceptors (Lipinski definition) is 15. The van der Waals surface area contributed by atoms with E-state index in [0.717, 1.165) is 0 Å². The lowest BCUT2D eigenvalue weighted by atomic mass is 9.85. The number of carbonyl (C=O) groups excluding carboxylic acids is 11. The van der Waals surface area contributed by atoms with Crippen LogP contribution < -0.4 is 42.0 Å². The second-order valence-corrected chi connectivity index (χ2v) is 25.2. The van der Waals surface area contributed by atoms with E-state index >= 15 is 0 Å². The second-order valence-electron chi connectivity index (χ2n) is 25.2. The molecule has 22 nitrogen and oxygen atoms in total. The van der Waals surface area contributed by atoms with Gasteiger partial charge >= 0.3 is 24.1 Å². The van der Waals surface area contributed by atoms with E-state index in [-0.39, 0.29) is 19.4 Å². The van der Waals surface area contributed by atoms with Crippen LogP contribution >= 0.6 is 0 Å². The van der Waals surface area contributed by atoms with Crippen LogP contribution in [0.5, 0.6) is 5.75 Å². The number of benzene rings is 2. The molecule has 25 heteroatoms. The van der Waals surface area contributed by atoms with Crippen LogP contribution in [0.1, 0.15) is 159 Å². The fraction of sp³-hybridized carbons (Fsp3) is 0.617. The summed E-state index contributed by atoms with van der Waals surface area (Å²) in [6.07, 6.45) is -10.0. The van der Waals surface area contributed by atoms with Gasteiger partial charge in [-0.15, -0.1) is 0 Å². The Bertz CT molecular complexity index is 2690. The fourth-order valence-electron chi connectivity index (χ4n) is 8.17. The Hall–Kier alpha value is -7.60. The van der Waals surface area contributed by atoms with Gasteiger partial charge in [0.05, 0.1) is 26.4 Å². The Morgan fingerprint density at radius 3 is 1.59 bits per heavy atom. The van der Waals surface area contributed by atoms with Crippen molar-refractivity contribution in [3.63, 3.8) is 0 Å². The van der Waals surface area contributed by atoms with E-state index in [0.29, 0.717) is 22.4 Å². The number of amides is 7. The number of ketones is 1. The molecule has 0 aliphatic carbocycles. The molecule has 2 aromatic carbocycles. The van der Waals surface area contributed by atoms with E-state index < -0.39 is 174 Å². The molecule has 85 heavy (non-hydrogen) atoms. The summed E-state index contributed by atoms with van der Waals surface area (Å²) in [5.41, 5.74) is -2.44. The van der Waals surface area contributed by atoms with Crippen LogP contribution in [-0.2, 0) is 79.9 Å². The van der Waals surface area contributed by atoms with Gasteiger partial charge in [0.2, 0.25) is 41.2 Å². The first kappa shape index (κ1) is 73.5. The minimum absolute atomic E-state index is 0.200. The Morgan fingerprint density at radius 2 is 1.05 bits per heavy atom. The summed E-state index contributed by atoms with van der Waals surface area (Å²) in [4.78, 5) is 151. The molecule has 0 fully saturated rings. The van der Waals surface area contributed by atoms with Gasteiger partial charge in [0, 0.05) is 25.8 Å². The number of rotatable bonds is 29. The third-order valence-electron chi connectivity index (χ3n) is 12.1. The lowest BCUT2D eigenvalue weighted by Crippen LogP contribution is -2.62. The molecule has 0 radical (unpaired) electrons. The van der Waals surface area contributed by atoms with Gasteiger partial charge in [-0.05, 0) is 122 Å². The molecule has 0 aliphatic heterocycles. The zero-order valence-electron chi connectivity index (χ0n) is 51.8. The zero-order valence-corrected chi connectivity index (χ0v) is 51.8. The van der Waals surface area contributed by atoms with Gasteiger partial charge in [-0.1, -0.05) is 71.0 Å². The minimum Gasteiger partial charge on any atom is -0.497 e. The number of Topliss-reactive ketones (excluding diaryl/α,β-unsaturated/α-hetero) is 1. The number of methoxy groups -OCH3 is 1. The molecule has 2 rings (SSSR count). The normalized spacial score (nSPS) is 14.1. The van der Waals surface area contributed by atoms with Crippen LogP contribution in [0.4, 0.5) is 13.2 Å². The molecular formula is C60H88F3N7O15. The van der Waals surface area contributed by atoms with Gasteiger partial charge in [-0.25, -0.2) is 0 Å². The van der Waals surface area contributed by atoms with E-state index in [4.69, 9.17) is 18.9 Å². The quantitative estimate of drug-likeness (QED) is 0.0306. The summed E-state index contributed by atoms with van der Waals surface area (Å²) in [5, 5.41) is 17.0. The van der Waals surface area contributed by atoms with Gasteiger partial charge in [-0.3, -0.25) is 52.7 Å². The number of alkyl halides is 3. The van der Waals surface area contributed by atoms with E-state index in [9.17, 15) is 65.9 Å². The number of ether oxygens (including phenoxy) is 4. The summed E-state index contributed by atoms with van der Waals surface area (Å²) < 4.78 is 63.3. The van der Waals surface area contributed by atoms with Crippen molar-refractivity contribution in [2.45, 2.75) is 221 Å². The standard InChI is InChI=1S/C60H88F3N7O15/c1-34(2)28-40(51(77)69-43(32-60(61,62)63)48(75)54(80)64-33-36-21-19-23-38(29-36)82-16)68-55(81)49(56(4,5)6)70-53(79)41(30-37-22-18-17-20-35(37)3)67-50(76)39(24-26-45(72)83-57(7,8)9)66-52(78)42(31-47(74)85-59(13,14)15)65-44(71)25-27-46(73)84-58(10,11)12/h17-23,29,34,39-43,49H,24-28,30-33H2,1-16H3,(H,64,80)(H,65,71)(H,66,78)(H,67,76)(H,68,81)(H,69,77)(H,70,79)/t39-,40-,41-,42-,43?,49+/m0/s1. The molecule has 0 aromatic heterocycles. The zero-order chi connectivity index (χ0) is 65.0. The SMILES string of the molecule is COc1cccc(CNC(=O)C(=O)C(CC(F)(F)F)NC(=O)[C@H](CC(C)C)NC(=O)[C@@H](NC(=O)[C@H](Cc2ccccc2C)NC(=O)[C@H](CCC(=O)OC(C)(C)C)NC(=O)[C@H](CC(=O)OC(C)(C)C)NC(=O)CCC(=O)OC(C)(C)C)C(C)(C)C)c1. The van der Waals surface area contributed by atoms with Crippen molar-refractivity contribution >= 4 is 65.0 Å². The van der Waals surface area contributed by atoms with Crippen molar-refractivity contribution < 1.29 is 84.9 Å². The number of carbonyl (C=O) groups is 11. The number of aryl methyl sites for hydroxylation is 1. The number of hydrogen-bond donors (Lipinski definition) is 7. The maximum absolute atomic E-state index is 14.8. The van der Waals surface area contributed by atoms with Crippen LogP contribution in [0, 0.1) is 18.3 Å². The van der Waals surface area contributed by atoms with Crippen LogP contribution in [0.3, 0.4) is 0 Å². The van der Waals surface area contributed by atoms with Crippen LogP contribution in [-0.4, -0.2) is 131 Å². The van der Waals surface area contributed by atoms with Crippen LogP contribution in [0.2, 0.25) is 0 Å². The topological polar surface area (TPSA) is 309 Å². The second kappa shape index (κ2) is 32.1. The molecule has 474 valence electrons. The van der Waals surface area contributed by atoms with E-state index in [2.05, 4.69) is 31.9 Å². The number of esters is 3. The Balaban J connectivity index is 2.62. The Labute approximate surface area is 496 Å². The minimum atomic E-state index is -5.06. The summed E-state index contributed by atoms with van der Waals surface area (Å²) >= 11 is 0. The molecule has 1 unspecified atom stereocenters. The van der Waals surface area contributed by atoms with Crippen molar-refractivity contribution in [3.05, 3.63) is 65.2 Å². The maximum Gasteiger partial charge on any atom is 0.391 e. The average molecular weight is 1200 g/mol. The van der Waals surface area contributed by atoms with E-state index in [1.54, 1.807) is 146 Å². The molecule has 7 amide bonds. The van der Waals surface area contributed by atoms with Gasteiger partial charge in [0.1, 0.15) is 58.8 Å². The third kappa shape index (κ3) is 29.2. The molecule has 0 spiro atoms. The highest BCUT2D eigenvalue weighted by Gasteiger charge is 2.42. The van der Waals surface area contributed by atoms with Crippen molar-refractivity contribution in [2.24, 2.45) is 11.3 Å². The summed E-state index contributed by atoms with van der Waals surface area (Å²) in [7, 11) is 1.40. The molecule has 0 saturated carbocycles. The smallest absolute Gasteiger partial charge is 0.391 e. The van der Waals surface area contributed by atoms with Crippen LogP contribution in [0.15, 0.2) is 48.5 Å². The average Bonchev–Trinajstić information content (AvgIpc) is 3.57. The highest BCUT2D eigenvalue weighted by molar-refractivity contribution is 6.38. The highest BCUT2D eigenvalue weighted by atomic mass is 19.4. The Morgan fingerprint density at radius 1 is 0.541 bits per heavy atom. The van der Waals surface area contributed by atoms with Gasteiger partial charge in [0.25, 0.3) is 5.91 Å². The highest BCUT2D eigenvalue weighted by Crippen LogP contribution is 2.24. The van der Waals surface area contributed by atoms with Gasteiger partial charge < -0.3 is 56.2 Å². The molecule has 0 aliphatic rings. The fourth-order valence-corrected chi connectivity index (χ4v) is 8.17. The van der Waals surface area contributed by atoms with Crippen molar-refractivity contribution in [3.8, 4) is 5.75 Å². The first-order valence-electron chi connectivity index (χ1n) is 28.0. The van der Waals surface area contributed by atoms with Gasteiger partial charge in [0.15, 0.2) is 0 Å². The van der Waals surface area contributed by atoms with E-state index in [1.807, 2.05) is 5.32 Å². The molecule has 2 aromatic rings.